The average molecular weight is 383 g/mol. The fourth-order valence-corrected chi connectivity index (χ4v) is 3.59. The molecule has 0 atom stereocenters. The van der Waals surface area contributed by atoms with Crippen LogP contribution in [0.25, 0.3) is 21.9 Å². The summed E-state index contributed by atoms with van der Waals surface area (Å²) in [6.45, 7) is 3.41. The van der Waals surface area contributed by atoms with Crippen LogP contribution in [-0.4, -0.2) is 34.2 Å². The molecule has 1 aromatic carbocycles. The summed E-state index contributed by atoms with van der Waals surface area (Å²) in [6, 6.07) is 6.21. The van der Waals surface area contributed by atoms with E-state index in [1.54, 1.807) is 0 Å². The van der Waals surface area contributed by atoms with Gasteiger partial charge in [-0.3, -0.25) is 4.79 Å². The Bertz CT molecular complexity index is 980. The fraction of sp³-hybridized carbons (Fsp3) is 0.476. The molecule has 0 bridgehead atoms. The van der Waals surface area contributed by atoms with E-state index < -0.39 is 0 Å². The standard InChI is InChI=1S/C21H29N5O2/c1-3-4-7-17-25-19-20(26(17)12-11-22)15-10-9-14(6-5-8-18(27)28-2)13-16(15)24-21(19)23/h9-10,13H,3-8,11-12,22H2,1-2H3,(H2,23,24). The van der Waals surface area contributed by atoms with Crippen LogP contribution in [-0.2, 0) is 28.9 Å². The smallest absolute Gasteiger partial charge is 0.305 e. The predicted octanol–water partition coefficient (Wildman–Crippen LogP) is 2.96. The zero-order chi connectivity index (χ0) is 20.1. The molecule has 0 saturated carbocycles. The molecule has 0 amide bonds. The maximum absolute atomic E-state index is 11.3. The van der Waals surface area contributed by atoms with Crippen molar-refractivity contribution in [2.45, 2.75) is 52.0 Å². The zero-order valence-corrected chi connectivity index (χ0v) is 16.7. The second kappa shape index (κ2) is 9.01. The highest BCUT2D eigenvalue weighted by molar-refractivity contribution is 6.06. The van der Waals surface area contributed by atoms with Crippen molar-refractivity contribution >= 4 is 33.7 Å². The minimum absolute atomic E-state index is 0.185. The van der Waals surface area contributed by atoms with E-state index >= 15 is 0 Å². The van der Waals surface area contributed by atoms with E-state index in [1.165, 1.54) is 7.11 Å². The first kappa shape index (κ1) is 20.1. The Morgan fingerprint density at radius 3 is 2.75 bits per heavy atom. The van der Waals surface area contributed by atoms with Crippen molar-refractivity contribution < 1.29 is 9.53 Å². The number of nitrogens with zero attached hydrogens (tertiary/aromatic N) is 3. The molecule has 0 fully saturated rings. The Kier molecular flexibility index (Phi) is 6.46. The molecule has 0 aliphatic heterocycles. The van der Waals surface area contributed by atoms with E-state index in [9.17, 15) is 4.79 Å². The third-order valence-electron chi connectivity index (χ3n) is 5.03. The third kappa shape index (κ3) is 4.09. The van der Waals surface area contributed by atoms with E-state index in [-0.39, 0.29) is 5.97 Å². The quantitative estimate of drug-likeness (QED) is 0.550. The fourth-order valence-electron chi connectivity index (χ4n) is 3.59. The number of nitrogen functional groups attached to an aromatic ring is 1. The molecule has 0 unspecified atom stereocenters. The molecule has 3 rings (SSSR count). The maximum Gasteiger partial charge on any atom is 0.305 e. The van der Waals surface area contributed by atoms with Gasteiger partial charge in [-0.05, 0) is 30.9 Å². The van der Waals surface area contributed by atoms with Gasteiger partial charge >= 0.3 is 5.97 Å². The first-order chi connectivity index (χ1) is 13.6. The number of carbonyl (C=O) groups is 1. The number of hydrogen-bond acceptors (Lipinski definition) is 6. The second-order valence-electron chi connectivity index (χ2n) is 7.05. The van der Waals surface area contributed by atoms with Crippen molar-refractivity contribution in [2.75, 3.05) is 19.4 Å². The number of aryl methyl sites for hydroxylation is 2. The van der Waals surface area contributed by atoms with E-state index in [0.29, 0.717) is 25.3 Å². The largest absolute Gasteiger partial charge is 0.469 e. The lowest BCUT2D eigenvalue weighted by Crippen LogP contribution is -2.13. The van der Waals surface area contributed by atoms with Crippen molar-refractivity contribution in [3.05, 3.63) is 29.6 Å². The Labute approximate surface area is 165 Å². The SMILES string of the molecule is CCCCc1nc2c(N)nc3cc(CCCC(=O)OC)ccc3c2n1CCN. The monoisotopic (exact) mass is 383 g/mol. The van der Waals surface area contributed by atoms with Crippen molar-refractivity contribution in [2.24, 2.45) is 5.73 Å². The summed E-state index contributed by atoms with van der Waals surface area (Å²) in [5, 5.41) is 1.03. The van der Waals surface area contributed by atoms with Crippen LogP contribution >= 0.6 is 0 Å². The summed E-state index contributed by atoms with van der Waals surface area (Å²) >= 11 is 0. The van der Waals surface area contributed by atoms with Crippen LogP contribution in [0, 0.1) is 0 Å². The van der Waals surface area contributed by atoms with Gasteiger partial charge in [-0.2, -0.15) is 0 Å². The first-order valence-electron chi connectivity index (χ1n) is 9.93. The normalized spacial score (nSPS) is 11.4. The van der Waals surface area contributed by atoms with Crippen LogP contribution in [0.1, 0.15) is 44.0 Å². The van der Waals surface area contributed by atoms with Crippen LogP contribution in [0.2, 0.25) is 0 Å². The Balaban J connectivity index is 2.02. The van der Waals surface area contributed by atoms with Crippen LogP contribution in [0.3, 0.4) is 0 Å². The van der Waals surface area contributed by atoms with Crippen molar-refractivity contribution in [3.63, 3.8) is 0 Å². The predicted molar refractivity (Wildman–Crippen MR) is 112 cm³/mol. The number of benzene rings is 1. The molecule has 0 radical (unpaired) electrons. The Hall–Kier alpha value is -2.67. The number of anilines is 1. The van der Waals surface area contributed by atoms with Gasteiger partial charge in [-0.15, -0.1) is 0 Å². The molecular formula is C21H29N5O2. The van der Waals surface area contributed by atoms with Gasteiger partial charge in [0.2, 0.25) is 0 Å². The van der Waals surface area contributed by atoms with Crippen molar-refractivity contribution in [1.29, 1.82) is 0 Å². The lowest BCUT2D eigenvalue weighted by molar-refractivity contribution is -0.140. The molecule has 0 aliphatic rings. The van der Waals surface area contributed by atoms with Crippen LogP contribution in [0.15, 0.2) is 18.2 Å². The molecule has 0 spiro atoms. The molecule has 150 valence electrons. The molecule has 28 heavy (non-hydrogen) atoms. The summed E-state index contributed by atoms with van der Waals surface area (Å²) in [4.78, 5) is 20.7. The summed E-state index contributed by atoms with van der Waals surface area (Å²) in [5.41, 5.74) is 15.9. The van der Waals surface area contributed by atoms with Gasteiger partial charge < -0.3 is 20.8 Å². The van der Waals surface area contributed by atoms with Gasteiger partial charge in [0.1, 0.15) is 11.3 Å². The summed E-state index contributed by atoms with van der Waals surface area (Å²) in [7, 11) is 1.41. The number of fused-ring (bicyclic) bond motifs is 3. The minimum atomic E-state index is -0.185. The van der Waals surface area contributed by atoms with Gasteiger partial charge in [0.25, 0.3) is 0 Å². The topological polar surface area (TPSA) is 109 Å². The summed E-state index contributed by atoms with van der Waals surface area (Å²) in [6.07, 6.45) is 5.01. The lowest BCUT2D eigenvalue weighted by Gasteiger charge is -2.10. The summed E-state index contributed by atoms with van der Waals surface area (Å²) < 4.78 is 6.90. The first-order valence-corrected chi connectivity index (χ1v) is 9.93. The van der Waals surface area contributed by atoms with E-state index in [1.807, 2.05) is 6.07 Å². The molecule has 2 heterocycles. The molecule has 3 aromatic rings. The number of aromatic nitrogens is 3. The van der Waals surface area contributed by atoms with E-state index in [4.69, 9.17) is 21.2 Å². The number of methoxy groups -OCH3 is 1. The Morgan fingerprint density at radius 1 is 1.21 bits per heavy atom. The highest BCUT2D eigenvalue weighted by Gasteiger charge is 2.17. The number of nitrogens with two attached hydrogens (primary N) is 2. The number of unbranched alkanes of at least 4 members (excludes halogenated alkanes) is 1. The van der Waals surface area contributed by atoms with Crippen LogP contribution < -0.4 is 11.5 Å². The van der Waals surface area contributed by atoms with Crippen LogP contribution in [0.4, 0.5) is 5.82 Å². The molecule has 2 aromatic heterocycles. The van der Waals surface area contributed by atoms with Crippen molar-refractivity contribution in [3.8, 4) is 0 Å². The average Bonchev–Trinajstić information content (AvgIpc) is 3.05. The number of pyridine rings is 1. The number of ether oxygens (including phenoxy) is 1. The molecule has 4 N–H and O–H groups in total. The lowest BCUT2D eigenvalue weighted by atomic mass is 10.0. The van der Waals surface area contributed by atoms with Crippen molar-refractivity contribution in [1.82, 2.24) is 14.5 Å². The molecule has 0 saturated heterocycles. The highest BCUT2D eigenvalue weighted by Crippen LogP contribution is 2.30. The Morgan fingerprint density at radius 2 is 2.04 bits per heavy atom. The molecule has 7 heteroatoms. The summed E-state index contributed by atoms with van der Waals surface area (Å²) in [5.74, 6) is 1.28. The van der Waals surface area contributed by atoms with Gasteiger partial charge in [0, 0.05) is 31.3 Å². The number of carbonyl (C=O) groups excluding carboxylic acids is 1. The number of esters is 1. The van der Waals surface area contributed by atoms with Gasteiger partial charge in [-0.25, -0.2) is 9.97 Å². The van der Waals surface area contributed by atoms with Crippen LogP contribution in [0.5, 0.6) is 0 Å². The minimum Gasteiger partial charge on any atom is -0.469 e. The number of rotatable bonds is 9. The third-order valence-corrected chi connectivity index (χ3v) is 5.03. The maximum atomic E-state index is 11.3. The van der Waals surface area contributed by atoms with Gasteiger partial charge in [0.05, 0.1) is 18.1 Å². The van der Waals surface area contributed by atoms with Gasteiger partial charge in [0.15, 0.2) is 5.82 Å². The molecular weight excluding hydrogens is 354 g/mol. The zero-order valence-electron chi connectivity index (χ0n) is 16.7. The van der Waals surface area contributed by atoms with E-state index in [2.05, 4.69) is 28.6 Å². The van der Waals surface area contributed by atoms with Gasteiger partial charge in [-0.1, -0.05) is 25.5 Å². The number of imidazole rings is 1. The van der Waals surface area contributed by atoms with E-state index in [0.717, 1.165) is 65.4 Å². The molecule has 7 nitrogen and oxygen atoms in total. The number of hydrogen-bond donors (Lipinski definition) is 2. The second-order valence-corrected chi connectivity index (χ2v) is 7.05. The highest BCUT2D eigenvalue weighted by atomic mass is 16.5. The molecule has 0 aliphatic carbocycles.